The Kier molecular flexibility index (Phi) is 8.14. The van der Waals surface area contributed by atoms with Crippen molar-refractivity contribution in [1.29, 1.82) is 0 Å². The topological polar surface area (TPSA) is 55.1 Å². The second kappa shape index (κ2) is 9.63. The summed E-state index contributed by atoms with van der Waals surface area (Å²) in [6.45, 7) is 0. The Balaban J connectivity index is 0.000000289. The number of nitrogen functional groups attached to an aromatic ring is 1. The number of nitrogens with two attached hydrogens (primary N) is 1. The minimum absolute atomic E-state index is 0.131. The normalized spacial score (nSPS) is 11.4. The zero-order valence-electron chi connectivity index (χ0n) is 13.7. The van der Waals surface area contributed by atoms with Crippen LogP contribution in [0.3, 0.4) is 0 Å². The Morgan fingerprint density at radius 3 is 1.81 bits per heavy atom. The molecule has 27 heavy (non-hydrogen) atoms. The van der Waals surface area contributed by atoms with Crippen LogP contribution in [0, 0.1) is 0 Å². The number of carbonyl (C=O) groups excluding carboxylic acids is 1. The van der Waals surface area contributed by atoms with Crippen molar-refractivity contribution in [2.45, 2.75) is 18.8 Å². The van der Waals surface area contributed by atoms with Crippen LogP contribution in [0.15, 0.2) is 48.5 Å². The van der Waals surface area contributed by atoms with Gasteiger partial charge in [0.2, 0.25) is 5.91 Å². The largest absolute Gasteiger partial charge is 0.418 e. The molecule has 0 radical (unpaired) electrons. The molecule has 0 fully saturated rings. The van der Waals surface area contributed by atoms with Crippen molar-refractivity contribution in [2.75, 3.05) is 16.4 Å². The van der Waals surface area contributed by atoms with E-state index in [1.165, 1.54) is 36.4 Å². The van der Waals surface area contributed by atoms with Crippen molar-refractivity contribution in [3.63, 3.8) is 0 Å². The number of hydrogen-bond donors (Lipinski definition) is 2. The summed E-state index contributed by atoms with van der Waals surface area (Å²) >= 11 is 3.04. The molecular weight excluding hydrogens is 442 g/mol. The number of halogens is 7. The van der Waals surface area contributed by atoms with Gasteiger partial charge in [0.1, 0.15) is 0 Å². The van der Waals surface area contributed by atoms with Gasteiger partial charge in [0, 0.05) is 17.4 Å². The Labute approximate surface area is 159 Å². The molecule has 2 rings (SSSR count). The number of benzene rings is 2. The smallest absolute Gasteiger partial charge is 0.398 e. The lowest BCUT2D eigenvalue weighted by atomic mass is 10.1. The molecule has 0 aliphatic carbocycles. The van der Waals surface area contributed by atoms with Gasteiger partial charge in [0.05, 0.1) is 16.8 Å². The van der Waals surface area contributed by atoms with Crippen LogP contribution in [-0.4, -0.2) is 11.2 Å². The summed E-state index contributed by atoms with van der Waals surface area (Å²) in [6.07, 6.45) is -8.67. The number of hydrogen-bond acceptors (Lipinski definition) is 2. The molecule has 0 aliphatic heterocycles. The van der Waals surface area contributed by atoms with Crippen molar-refractivity contribution < 1.29 is 31.1 Å². The monoisotopic (exact) mass is 456 g/mol. The van der Waals surface area contributed by atoms with Crippen molar-refractivity contribution >= 4 is 33.2 Å². The molecule has 0 aromatic heterocycles. The molecule has 3 nitrogen and oxygen atoms in total. The minimum Gasteiger partial charge on any atom is -0.398 e. The molecule has 1 amide bonds. The summed E-state index contributed by atoms with van der Waals surface area (Å²) in [6, 6.07) is 9.84. The fourth-order valence-corrected chi connectivity index (χ4v) is 2.25. The maximum atomic E-state index is 12.5. The van der Waals surface area contributed by atoms with Crippen LogP contribution in [-0.2, 0) is 17.1 Å². The Morgan fingerprint density at radius 2 is 1.37 bits per heavy atom. The standard InChI is InChI=1S/C10H9BrF3NO.C7H6F3N/c11-6-5-9(16)15-8-4-2-1-3-7(8)10(12,13)14;8-7(9,10)5-3-1-2-4-6(5)11/h1-4H,5-6H2,(H,15,16);1-4H,11H2. The van der Waals surface area contributed by atoms with Crippen molar-refractivity contribution in [1.82, 2.24) is 0 Å². The molecule has 148 valence electrons. The summed E-state index contributed by atoms with van der Waals surface area (Å²) in [5.41, 5.74) is 3.03. The lowest BCUT2D eigenvalue weighted by molar-refractivity contribution is -0.137. The molecule has 0 unspecified atom stereocenters. The van der Waals surface area contributed by atoms with E-state index in [9.17, 15) is 31.1 Å². The van der Waals surface area contributed by atoms with Gasteiger partial charge < -0.3 is 11.1 Å². The first-order chi connectivity index (χ1) is 12.5. The number of nitrogens with one attached hydrogen (secondary N) is 1. The SMILES string of the molecule is Nc1ccccc1C(F)(F)F.O=C(CCBr)Nc1ccccc1C(F)(F)F. The van der Waals surface area contributed by atoms with E-state index in [0.29, 0.717) is 5.33 Å². The number of anilines is 2. The van der Waals surface area contributed by atoms with E-state index in [-0.39, 0.29) is 17.8 Å². The van der Waals surface area contributed by atoms with Gasteiger partial charge in [-0.2, -0.15) is 26.3 Å². The highest BCUT2D eigenvalue weighted by molar-refractivity contribution is 9.09. The Morgan fingerprint density at radius 1 is 0.889 bits per heavy atom. The third-order valence-electron chi connectivity index (χ3n) is 3.09. The van der Waals surface area contributed by atoms with Gasteiger partial charge in [-0.25, -0.2) is 0 Å². The van der Waals surface area contributed by atoms with E-state index in [4.69, 9.17) is 5.73 Å². The Bertz CT molecular complexity index is 762. The summed E-state index contributed by atoms with van der Waals surface area (Å²) in [5, 5.41) is 2.64. The van der Waals surface area contributed by atoms with Crippen LogP contribution in [0.25, 0.3) is 0 Å². The molecular formula is C17H15BrF6N2O. The van der Waals surface area contributed by atoms with E-state index in [1.54, 1.807) is 0 Å². The van der Waals surface area contributed by atoms with E-state index in [2.05, 4.69) is 21.2 Å². The molecule has 0 spiro atoms. The third kappa shape index (κ3) is 7.49. The number of rotatable bonds is 3. The molecule has 0 bridgehead atoms. The number of para-hydroxylation sites is 2. The average Bonchev–Trinajstić information content (AvgIpc) is 2.54. The molecule has 10 heteroatoms. The van der Waals surface area contributed by atoms with Crippen LogP contribution in [0.2, 0.25) is 0 Å². The summed E-state index contributed by atoms with van der Waals surface area (Å²) < 4.78 is 73.5. The highest BCUT2D eigenvalue weighted by Crippen LogP contribution is 2.34. The molecule has 0 aliphatic rings. The lowest BCUT2D eigenvalue weighted by Gasteiger charge is -2.12. The molecule has 3 N–H and O–H groups in total. The van der Waals surface area contributed by atoms with Crippen LogP contribution >= 0.6 is 15.9 Å². The number of carbonyl (C=O) groups is 1. The molecule has 0 saturated carbocycles. The fourth-order valence-electron chi connectivity index (χ4n) is 1.89. The van der Waals surface area contributed by atoms with Gasteiger partial charge in [0.15, 0.2) is 0 Å². The van der Waals surface area contributed by atoms with Crippen molar-refractivity contribution in [3.05, 3.63) is 59.7 Å². The predicted octanol–water partition coefficient (Wildman–Crippen LogP) is 5.72. The zero-order chi connectivity index (χ0) is 20.7. The van der Waals surface area contributed by atoms with Crippen LogP contribution in [0.1, 0.15) is 17.5 Å². The number of alkyl halides is 7. The fraction of sp³-hybridized carbons (Fsp3) is 0.235. The van der Waals surface area contributed by atoms with Gasteiger partial charge in [-0.3, -0.25) is 4.79 Å². The van der Waals surface area contributed by atoms with Gasteiger partial charge in [-0.05, 0) is 24.3 Å². The first-order valence-electron chi connectivity index (χ1n) is 7.40. The summed E-state index contributed by atoms with van der Waals surface area (Å²) in [5.74, 6) is -0.450. The molecule has 2 aromatic carbocycles. The highest BCUT2D eigenvalue weighted by atomic mass is 79.9. The van der Waals surface area contributed by atoms with Crippen LogP contribution in [0.4, 0.5) is 37.7 Å². The maximum absolute atomic E-state index is 12.5. The van der Waals surface area contributed by atoms with E-state index in [0.717, 1.165) is 12.1 Å². The van der Waals surface area contributed by atoms with Crippen LogP contribution in [0.5, 0.6) is 0 Å². The second-order valence-electron chi connectivity index (χ2n) is 5.12. The maximum Gasteiger partial charge on any atom is 0.418 e. The number of amides is 1. The first-order valence-corrected chi connectivity index (χ1v) is 8.52. The second-order valence-corrected chi connectivity index (χ2v) is 5.91. The summed E-state index contributed by atoms with van der Waals surface area (Å²) in [4.78, 5) is 11.2. The predicted molar refractivity (Wildman–Crippen MR) is 94.3 cm³/mol. The van der Waals surface area contributed by atoms with E-state index < -0.39 is 29.4 Å². The average molecular weight is 457 g/mol. The molecule has 0 atom stereocenters. The van der Waals surface area contributed by atoms with Crippen molar-refractivity contribution in [3.8, 4) is 0 Å². The van der Waals surface area contributed by atoms with Gasteiger partial charge in [-0.1, -0.05) is 40.2 Å². The lowest BCUT2D eigenvalue weighted by Crippen LogP contribution is -2.16. The van der Waals surface area contributed by atoms with E-state index >= 15 is 0 Å². The molecule has 0 heterocycles. The molecule has 2 aromatic rings. The highest BCUT2D eigenvalue weighted by Gasteiger charge is 2.33. The first kappa shape index (κ1) is 22.8. The van der Waals surface area contributed by atoms with Gasteiger partial charge in [0.25, 0.3) is 0 Å². The van der Waals surface area contributed by atoms with E-state index in [1.807, 2.05) is 0 Å². The van der Waals surface area contributed by atoms with Gasteiger partial charge in [-0.15, -0.1) is 0 Å². The molecule has 0 saturated heterocycles. The Hall–Kier alpha value is -2.23. The summed E-state index contributed by atoms with van der Waals surface area (Å²) in [7, 11) is 0. The van der Waals surface area contributed by atoms with Gasteiger partial charge >= 0.3 is 12.4 Å². The van der Waals surface area contributed by atoms with Crippen LogP contribution < -0.4 is 11.1 Å². The zero-order valence-corrected chi connectivity index (χ0v) is 15.3. The quantitative estimate of drug-likeness (QED) is 0.352. The third-order valence-corrected chi connectivity index (χ3v) is 3.49. The minimum atomic E-state index is -4.46. The van der Waals surface area contributed by atoms with Crippen molar-refractivity contribution in [2.24, 2.45) is 0 Å².